The zero-order chi connectivity index (χ0) is 13.7. The Morgan fingerprint density at radius 1 is 1.26 bits per heavy atom. The van der Waals surface area contributed by atoms with Crippen LogP contribution in [0.3, 0.4) is 0 Å². The molecule has 0 atom stereocenters. The van der Waals surface area contributed by atoms with Crippen LogP contribution in [0.5, 0.6) is 5.75 Å². The number of nitroso groups, excluding NO2 is 1. The van der Waals surface area contributed by atoms with Crippen LogP contribution in [-0.4, -0.2) is 24.6 Å². The lowest BCUT2D eigenvalue weighted by Crippen LogP contribution is -2.56. The molecule has 1 fully saturated rings. The number of hydrogen-bond donors (Lipinski definition) is 1. The summed E-state index contributed by atoms with van der Waals surface area (Å²) >= 11 is 5.98. The van der Waals surface area contributed by atoms with Gasteiger partial charge in [-0.3, -0.25) is 0 Å². The summed E-state index contributed by atoms with van der Waals surface area (Å²) in [5.74, 6) is 0.110. The van der Waals surface area contributed by atoms with Gasteiger partial charge in [0.25, 0.3) is 5.69 Å². The molecule has 6 heteroatoms. The first-order chi connectivity index (χ1) is 8.93. The second kappa shape index (κ2) is 4.16. The van der Waals surface area contributed by atoms with Gasteiger partial charge < -0.3 is 14.2 Å². The minimum absolute atomic E-state index is 0.351. The molecule has 2 aliphatic heterocycles. The van der Waals surface area contributed by atoms with E-state index >= 15 is 0 Å². The first-order valence-corrected chi connectivity index (χ1v) is 6.48. The highest BCUT2D eigenvalue weighted by molar-refractivity contribution is 6.32. The van der Waals surface area contributed by atoms with E-state index in [0.29, 0.717) is 36.1 Å². The van der Waals surface area contributed by atoms with Gasteiger partial charge in [0.05, 0.1) is 13.2 Å². The van der Waals surface area contributed by atoms with Gasteiger partial charge in [-0.2, -0.15) is 0 Å². The summed E-state index contributed by atoms with van der Waals surface area (Å²) in [6, 6.07) is 3.38. The molecule has 0 aromatic heterocycles. The van der Waals surface area contributed by atoms with Crippen LogP contribution in [0.2, 0.25) is 5.02 Å². The van der Waals surface area contributed by atoms with Gasteiger partial charge in [0, 0.05) is 34.2 Å². The molecule has 0 bridgehead atoms. The van der Waals surface area contributed by atoms with E-state index < -0.39 is 11.4 Å². The van der Waals surface area contributed by atoms with Crippen LogP contribution in [0, 0.1) is 4.91 Å². The summed E-state index contributed by atoms with van der Waals surface area (Å²) in [5, 5.41) is 2.18. The van der Waals surface area contributed by atoms with Crippen LogP contribution in [0.1, 0.15) is 19.4 Å². The van der Waals surface area contributed by atoms with E-state index in [2.05, 4.69) is 0 Å². The SMILES string of the molecule is CC1(C)OCC2(CO1)Cc1cc([NH+]=O)c(Cl)cc1O2. The number of rotatable bonds is 1. The molecule has 1 aromatic carbocycles. The lowest BCUT2D eigenvalue weighted by atomic mass is 9.97. The first-order valence-electron chi connectivity index (χ1n) is 6.11. The third-order valence-corrected chi connectivity index (χ3v) is 3.78. The van der Waals surface area contributed by atoms with Crippen molar-refractivity contribution in [2.24, 2.45) is 0 Å². The molecule has 0 amide bonds. The molecule has 1 saturated heterocycles. The number of benzene rings is 1. The average molecular weight is 285 g/mol. The van der Waals surface area contributed by atoms with E-state index in [-0.39, 0.29) is 0 Å². The molecular weight excluding hydrogens is 270 g/mol. The average Bonchev–Trinajstić information content (AvgIpc) is 2.70. The number of fused-ring (bicyclic) bond motifs is 1. The standard InChI is InChI=1S/C13H14ClNO4/c1-12(2)17-6-13(7-18-12)5-8-3-10(15-16)9(14)4-11(8)19-13/h3-4H,5-7H2,1-2H3/p+1. The lowest BCUT2D eigenvalue weighted by Gasteiger charge is -2.40. The summed E-state index contributed by atoms with van der Waals surface area (Å²) in [4.78, 5) is 10.8. The van der Waals surface area contributed by atoms with Crippen molar-refractivity contribution in [3.05, 3.63) is 27.6 Å². The monoisotopic (exact) mass is 284 g/mol. The Kier molecular flexibility index (Phi) is 2.81. The highest BCUT2D eigenvalue weighted by atomic mass is 35.5. The zero-order valence-electron chi connectivity index (χ0n) is 10.8. The maximum Gasteiger partial charge on any atom is 0.272 e. The minimum atomic E-state index is -0.581. The van der Waals surface area contributed by atoms with Crippen LogP contribution in [0.25, 0.3) is 0 Å². The van der Waals surface area contributed by atoms with Crippen molar-refractivity contribution < 1.29 is 19.4 Å². The van der Waals surface area contributed by atoms with Gasteiger partial charge in [-0.1, -0.05) is 11.6 Å². The van der Waals surface area contributed by atoms with Gasteiger partial charge in [-0.25, -0.2) is 0 Å². The quantitative estimate of drug-likeness (QED) is 0.844. The predicted octanol–water partition coefficient (Wildman–Crippen LogP) is 1.28. The fraction of sp³-hybridized carbons (Fsp3) is 0.538. The number of ether oxygens (including phenoxy) is 3. The highest BCUT2D eigenvalue weighted by Crippen LogP contribution is 2.41. The molecule has 102 valence electrons. The van der Waals surface area contributed by atoms with Gasteiger partial charge in [0.2, 0.25) is 0 Å². The van der Waals surface area contributed by atoms with E-state index in [1.165, 1.54) is 0 Å². The Bertz CT molecular complexity index is 534. The lowest BCUT2D eigenvalue weighted by molar-refractivity contribution is -0.379. The Balaban J connectivity index is 1.86. The van der Waals surface area contributed by atoms with Crippen molar-refractivity contribution in [3.8, 4) is 5.75 Å². The maximum absolute atomic E-state index is 10.8. The minimum Gasteiger partial charge on any atom is -0.482 e. The first kappa shape index (κ1) is 12.8. The topological polar surface area (TPSA) is 58.7 Å². The van der Waals surface area contributed by atoms with Gasteiger partial charge >= 0.3 is 0 Å². The number of hydrogen-bond acceptors (Lipinski definition) is 4. The summed E-state index contributed by atoms with van der Waals surface area (Å²) in [5.41, 5.74) is 0.789. The van der Waals surface area contributed by atoms with Gasteiger partial charge in [-0.15, -0.1) is 0 Å². The molecule has 3 rings (SSSR count). The van der Waals surface area contributed by atoms with Crippen molar-refractivity contribution in [1.82, 2.24) is 0 Å². The fourth-order valence-corrected chi connectivity index (χ4v) is 2.57. The predicted molar refractivity (Wildman–Crippen MR) is 68.5 cm³/mol. The van der Waals surface area contributed by atoms with Crippen molar-refractivity contribution in [2.75, 3.05) is 13.2 Å². The molecule has 1 aromatic rings. The molecule has 2 heterocycles. The molecule has 1 N–H and O–H groups in total. The molecule has 1 spiro atoms. The summed E-state index contributed by atoms with van der Waals surface area (Å²) in [6.45, 7) is 4.65. The normalized spacial score (nSPS) is 22.9. The molecule has 0 aliphatic carbocycles. The molecular formula is C13H15ClNO4+. The van der Waals surface area contributed by atoms with Crippen molar-refractivity contribution >= 4 is 17.3 Å². The molecule has 0 unspecified atom stereocenters. The van der Waals surface area contributed by atoms with Crippen LogP contribution < -0.4 is 9.91 Å². The Hall–Kier alpha value is -1.17. The van der Waals surface area contributed by atoms with E-state index in [1.807, 2.05) is 19.0 Å². The zero-order valence-corrected chi connectivity index (χ0v) is 11.5. The molecule has 5 nitrogen and oxygen atoms in total. The Labute approximate surface area is 115 Å². The van der Waals surface area contributed by atoms with E-state index in [9.17, 15) is 4.91 Å². The molecule has 0 saturated carbocycles. The van der Waals surface area contributed by atoms with Crippen molar-refractivity contribution in [3.63, 3.8) is 0 Å². The molecule has 2 aliphatic rings. The van der Waals surface area contributed by atoms with E-state index in [4.69, 9.17) is 25.8 Å². The smallest absolute Gasteiger partial charge is 0.272 e. The number of halogens is 1. The Morgan fingerprint density at radius 3 is 2.58 bits per heavy atom. The fourth-order valence-electron chi connectivity index (χ4n) is 2.38. The van der Waals surface area contributed by atoms with Gasteiger partial charge in [0.15, 0.2) is 11.4 Å². The third-order valence-electron chi connectivity index (χ3n) is 3.46. The Morgan fingerprint density at radius 2 is 1.95 bits per heavy atom. The van der Waals surface area contributed by atoms with Crippen molar-refractivity contribution in [2.45, 2.75) is 31.7 Å². The maximum atomic E-state index is 10.8. The van der Waals surface area contributed by atoms with Gasteiger partial charge in [-0.05, 0) is 13.8 Å². The molecule has 19 heavy (non-hydrogen) atoms. The summed E-state index contributed by atoms with van der Waals surface area (Å²) in [7, 11) is 0. The second-order valence-corrected chi connectivity index (χ2v) is 5.89. The highest BCUT2D eigenvalue weighted by Gasteiger charge is 2.46. The van der Waals surface area contributed by atoms with Crippen LogP contribution in [0.15, 0.2) is 12.1 Å². The van der Waals surface area contributed by atoms with Crippen LogP contribution >= 0.6 is 11.6 Å². The van der Waals surface area contributed by atoms with Crippen molar-refractivity contribution in [1.29, 1.82) is 0 Å². The van der Waals surface area contributed by atoms with Crippen LogP contribution in [-0.2, 0) is 15.9 Å². The third kappa shape index (κ3) is 2.22. The van der Waals surface area contributed by atoms with Gasteiger partial charge in [0.1, 0.15) is 10.8 Å². The van der Waals surface area contributed by atoms with E-state index in [1.54, 1.807) is 12.1 Å². The van der Waals surface area contributed by atoms with E-state index in [0.717, 1.165) is 5.56 Å². The largest absolute Gasteiger partial charge is 0.482 e. The summed E-state index contributed by atoms with van der Waals surface area (Å²) in [6.07, 6.45) is 0.643. The molecule has 0 radical (unpaired) electrons. The number of nitrogens with one attached hydrogen (secondary N) is 1. The van der Waals surface area contributed by atoms with Crippen LogP contribution in [0.4, 0.5) is 5.69 Å². The summed E-state index contributed by atoms with van der Waals surface area (Å²) < 4.78 is 17.3. The second-order valence-electron chi connectivity index (χ2n) is 5.48.